The van der Waals surface area contributed by atoms with Gasteiger partial charge in [0.2, 0.25) is 0 Å². The summed E-state index contributed by atoms with van der Waals surface area (Å²) in [7, 11) is 0. The van der Waals surface area contributed by atoms with Crippen molar-refractivity contribution in [3.05, 3.63) is 59.2 Å². The molecule has 2 aromatic carbocycles. The lowest BCUT2D eigenvalue weighted by molar-refractivity contribution is 0.186. The molecule has 0 saturated carbocycles. The van der Waals surface area contributed by atoms with Crippen LogP contribution in [0, 0.1) is 13.8 Å². The molecule has 0 saturated heterocycles. The summed E-state index contributed by atoms with van der Waals surface area (Å²) in [6.07, 6.45) is -0.615. The van der Waals surface area contributed by atoms with Gasteiger partial charge in [-0.2, -0.15) is 0 Å². The number of nitrogens with two attached hydrogens (primary N) is 1. The summed E-state index contributed by atoms with van der Waals surface area (Å²) in [5.74, 6) is 1.57. The van der Waals surface area contributed by atoms with Gasteiger partial charge in [-0.1, -0.05) is 18.2 Å². The molecule has 1 atom stereocenters. The van der Waals surface area contributed by atoms with Gasteiger partial charge in [0.25, 0.3) is 0 Å². The Morgan fingerprint density at radius 2 is 1.58 bits per heavy atom. The average molecular weight is 257 g/mol. The number of hydrogen-bond donors (Lipinski definition) is 2. The molecule has 1 unspecified atom stereocenters. The minimum Gasteiger partial charge on any atom is -0.457 e. The molecular formula is C16H19NO2. The van der Waals surface area contributed by atoms with E-state index in [1.807, 2.05) is 50.2 Å². The van der Waals surface area contributed by atoms with Crippen molar-refractivity contribution >= 4 is 0 Å². The van der Waals surface area contributed by atoms with Crippen molar-refractivity contribution in [1.29, 1.82) is 0 Å². The van der Waals surface area contributed by atoms with Gasteiger partial charge in [-0.05, 0) is 54.8 Å². The van der Waals surface area contributed by atoms with Crippen LogP contribution in [0.1, 0.15) is 22.8 Å². The van der Waals surface area contributed by atoms with E-state index < -0.39 is 6.10 Å². The predicted molar refractivity (Wildman–Crippen MR) is 76.4 cm³/mol. The third-order valence-electron chi connectivity index (χ3n) is 2.92. The highest BCUT2D eigenvalue weighted by molar-refractivity contribution is 5.38. The maximum absolute atomic E-state index is 9.62. The Bertz CT molecular complexity index is 529. The highest BCUT2D eigenvalue weighted by atomic mass is 16.5. The fourth-order valence-electron chi connectivity index (χ4n) is 2.02. The van der Waals surface area contributed by atoms with Crippen LogP contribution in [0.25, 0.3) is 0 Å². The van der Waals surface area contributed by atoms with Crippen molar-refractivity contribution in [2.75, 3.05) is 6.54 Å². The molecule has 0 aromatic heterocycles. The molecule has 0 heterocycles. The molecule has 0 spiro atoms. The third kappa shape index (κ3) is 3.56. The Kier molecular flexibility index (Phi) is 4.20. The number of aliphatic hydroxyl groups is 1. The summed E-state index contributed by atoms with van der Waals surface area (Å²) in [5, 5.41) is 9.62. The second kappa shape index (κ2) is 5.87. The molecule has 2 rings (SSSR count). The van der Waals surface area contributed by atoms with Gasteiger partial charge in [-0.25, -0.2) is 0 Å². The summed E-state index contributed by atoms with van der Waals surface area (Å²) in [6, 6.07) is 13.4. The van der Waals surface area contributed by atoms with Gasteiger partial charge in [0, 0.05) is 6.54 Å². The fourth-order valence-corrected chi connectivity index (χ4v) is 2.02. The molecule has 0 fully saturated rings. The zero-order valence-corrected chi connectivity index (χ0v) is 11.3. The first-order valence-electron chi connectivity index (χ1n) is 6.33. The van der Waals surface area contributed by atoms with Gasteiger partial charge < -0.3 is 15.6 Å². The topological polar surface area (TPSA) is 55.5 Å². The van der Waals surface area contributed by atoms with Crippen LogP contribution in [-0.2, 0) is 0 Å². The van der Waals surface area contributed by atoms with Gasteiger partial charge in [0.05, 0.1) is 6.10 Å². The highest BCUT2D eigenvalue weighted by Gasteiger charge is 2.05. The number of rotatable bonds is 4. The molecule has 0 bridgehead atoms. The van der Waals surface area contributed by atoms with Crippen LogP contribution in [-0.4, -0.2) is 11.7 Å². The average Bonchev–Trinajstić information content (AvgIpc) is 2.37. The highest BCUT2D eigenvalue weighted by Crippen LogP contribution is 2.25. The Hall–Kier alpha value is -1.84. The molecule has 2 aromatic rings. The molecule has 19 heavy (non-hydrogen) atoms. The molecule has 0 aliphatic rings. The summed E-state index contributed by atoms with van der Waals surface area (Å²) in [5.41, 5.74) is 8.56. The summed E-state index contributed by atoms with van der Waals surface area (Å²) in [4.78, 5) is 0. The van der Waals surface area contributed by atoms with Crippen LogP contribution in [0.5, 0.6) is 11.5 Å². The van der Waals surface area contributed by atoms with Crippen molar-refractivity contribution in [2.24, 2.45) is 5.73 Å². The van der Waals surface area contributed by atoms with Gasteiger partial charge in [0.1, 0.15) is 11.5 Å². The molecule has 0 radical (unpaired) electrons. The quantitative estimate of drug-likeness (QED) is 0.885. The maximum Gasteiger partial charge on any atom is 0.127 e. The molecular weight excluding hydrogens is 238 g/mol. The van der Waals surface area contributed by atoms with Gasteiger partial charge in [-0.3, -0.25) is 0 Å². The largest absolute Gasteiger partial charge is 0.457 e. The van der Waals surface area contributed by atoms with Crippen molar-refractivity contribution in [1.82, 2.24) is 0 Å². The van der Waals surface area contributed by atoms with E-state index in [0.717, 1.165) is 17.1 Å². The van der Waals surface area contributed by atoms with Gasteiger partial charge >= 0.3 is 0 Å². The first-order chi connectivity index (χ1) is 9.08. The summed E-state index contributed by atoms with van der Waals surface area (Å²) < 4.78 is 5.80. The van der Waals surface area contributed by atoms with Crippen LogP contribution in [0.15, 0.2) is 42.5 Å². The van der Waals surface area contributed by atoms with Crippen LogP contribution in [0.2, 0.25) is 0 Å². The first kappa shape index (κ1) is 13.6. The molecule has 0 aliphatic carbocycles. The van der Waals surface area contributed by atoms with E-state index in [2.05, 4.69) is 6.07 Å². The number of aryl methyl sites for hydroxylation is 2. The van der Waals surface area contributed by atoms with Crippen molar-refractivity contribution in [3.63, 3.8) is 0 Å². The molecule has 3 N–H and O–H groups in total. The number of hydrogen-bond acceptors (Lipinski definition) is 3. The minimum atomic E-state index is -0.615. The van der Waals surface area contributed by atoms with E-state index in [9.17, 15) is 5.11 Å². The zero-order valence-electron chi connectivity index (χ0n) is 11.3. The van der Waals surface area contributed by atoms with Crippen molar-refractivity contribution in [2.45, 2.75) is 20.0 Å². The van der Waals surface area contributed by atoms with Crippen molar-refractivity contribution < 1.29 is 9.84 Å². The maximum atomic E-state index is 9.62. The SMILES string of the molecule is Cc1cc(C)cc(Oc2ccc(C(O)CN)cc2)c1. The van der Waals surface area contributed by atoms with Crippen LogP contribution >= 0.6 is 0 Å². The predicted octanol–water partition coefficient (Wildman–Crippen LogP) is 3.09. The van der Waals surface area contributed by atoms with E-state index in [0.29, 0.717) is 0 Å². The minimum absolute atomic E-state index is 0.220. The normalized spacial score (nSPS) is 12.2. The summed E-state index contributed by atoms with van der Waals surface area (Å²) >= 11 is 0. The van der Waals surface area contributed by atoms with E-state index in [1.165, 1.54) is 11.1 Å². The zero-order chi connectivity index (χ0) is 13.8. The number of benzene rings is 2. The molecule has 0 aliphatic heterocycles. The van der Waals surface area contributed by atoms with Gasteiger partial charge in [-0.15, -0.1) is 0 Å². The lowest BCUT2D eigenvalue weighted by Crippen LogP contribution is -2.11. The van der Waals surface area contributed by atoms with E-state index >= 15 is 0 Å². The Balaban J connectivity index is 2.15. The Morgan fingerprint density at radius 1 is 1.00 bits per heavy atom. The lowest BCUT2D eigenvalue weighted by atomic mass is 10.1. The first-order valence-corrected chi connectivity index (χ1v) is 6.33. The smallest absolute Gasteiger partial charge is 0.127 e. The molecule has 3 heteroatoms. The molecule has 3 nitrogen and oxygen atoms in total. The van der Waals surface area contributed by atoms with Crippen molar-refractivity contribution in [3.8, 4) is 11.5 Å². The lowest BCUT2D eigenvalue weighted by Gasteiger charge is -2.10. The molecule has 100 valence electrons. The summed E-state index contributed by atoms with van der Waals surface area (Å²) in [6.45, 7) is 4.30. The second-order valence-electron chi connectivity index (χ2n) is 4.75. The van der Waals surface area contributed by atoms with E-state index in [1.54, 1.807) is 0 Å². The van der Waals surface area contributed by atoms with E-state index in [4.69, 9.17) is 10.5 Å². The molecule has 0 amide bonds. The second-order valence-corrected chi connectivity index (χ2v) is 4.75. The third-order valence-corrected chi connectivity index (χ3v) is 2.92. The Morgan fingerprint density at radius 3 is 2.11 bits per heavy atom. The van der Waals surface area contributed by atoms with Crippen LogP contribution < -0.4 is 10.5 Å². The van der Waals surface area contributed by atoms with Crippen LogP contribution in [0.3, 0.4) is 0 Å². The monoisotopic (exact) mass is 257 g/mol. The van der Waals surface area contributed by atoms with E-state index in [-0.39, 0.29) is 6.54 Å². The number of ether oxygens (including phenoxy) is 1. The van der Waals surface area contributed by atoms with Crippen LogP contribution in [0.4, 0.5) is 0 Å². The standard InChI is InChI=1S/C16H19NO2/c1-11-7-12(2)9-15(8-11)19-14-5-3-13(4-6-14)16(18)10-17/h3-9,16,18H,10,17H2,1-2H3. The number of aliphatic hydroxyl groups excluding tert-OH is 1. The fraction of sp³-hybridized carbons (Fsp3) is 0.250. The Labute approximate surface area is 113 Å². The van der Waals surface area contributed by atoms with Gasteiger partial charge in [0.15, 0.2) is 0 Å².